The lowest BCUT2D eigenvalue weighted by molar-refractivity contribution is 0.0993. The predicted molar refractivity (Wildman–Crippen MR) is 96.6 cm³/mol. The van der Waals surface area contributed by atoms with Gasteiger partial charge in [-0.05, 0) is 49.7 Å². The van der Waals surface area contributed by atoms with Gasteiger partial charge in [-0.2, -0.15) is 4.98 Å². The Balaban J connectivity index is 1.49. The molecule has 1 aromatic heterocycles. The monoisotopic (exact) mass is 327 g/mol. The van der Waals surface area contributed by atoms with Crippen molar-refractivity contribution in [2.24, 2.45) is 0 Å². The number of hydrogen-bond donors (Lipinski definition) is 2. The van der Waals surface area contributed by atoms with E-state index in [4.69, 9.17) is 4.74 Å². The van der Waals surface area contributed by atoms with Crippen LogP contribution in [0.15, 0.2) is 36.5 Å². The van der Waals surface area contributed by atoms with E-state index < -0.39 is 0 Å². The van der Waals surface area contributed by atoms with Gasteiger partial charge in [0, 0.05) is 25.5 Å². The predicted octanol–water partition coefficient (Wildman–Crippen LogP) is 2.87. The lowest BCUT2D eigenvalue weighted by Crippen LogP contribution is -2.23. The van der Waals surface area contributed by atoms with Crippen LogP contribution in [0.2, 0.25) is 0 Å². The molecule has 6 heteroatoms. The maximum Gasteiger partial charge on any atom is 0.229 e. The molecule has 128 valence electrons. The fourth-order valence-electron chi connectivity index (χ4n) is 2.82. The third-order valence-corrected chi connectivity index (χ3v) is 4.11. The van der Waals surface area contributed by atoms with Gasteiger partial charge in [-0.1, -0.05) is 12.1 Å². The van der Waals surface area contributed by atoms with Crippen molar-refractivity contribution in [1.29, 1.82) is 0 Å². The highest BCUT2D eigenvalue weighted by Crippen LogP contribution is 2.16. The van der Waals surface area contributed by atoms with Gasteiger partial charge in [0.1, 0.15) is 5.82 Å². The molecule has 0 saturated carbocycles. The van der Waals surface area contributed by atoms with Gasteiger partial charge < -0.3 is 20.3 Å². The maximum atomic E-state index is 5.81. The number of likely N-dealkylation sites (tertiary alicyclic amines) is 1. The molecule has 1 aliphatic rings. The van der Waals surface area contributed by atoms with Crippen LogP contribution < -0.4 is 10.6 Å². The highest BCUT2D eigenvalue weighted by atomic mass is 16.5. The van der Waals surface area contributed by atoms with E-state index in [9.17, 15) is 0 Å². The van der Waals surface area contributed by atoms with E-state index in [0.717, 1.165) is 30.2 Å². The summed E-state index contributed by atoms with van der Waals surface area (Å²) in [6, 6.07) is 10.00. The number of ether oxygens (including phenoxy) is 1. The van der Waals surface area contributed by atoms with E-state index in [1.54, 1.807) is 6.20 Å². The molecule has 3 rings (SSSR count). The Morgan fingerprint density at radius 3 is 2.92 bits per heavy atom. The SMILES string of the molecule is CNc1ccnc(Nc2cccc(COCCN3CCCC3)c2)n1. The number of rotatable bonds is 8. The van der Waals surface area contributed by atoms with Gasteiger partial charge in [0.2, 0.25) is 5.95 Å². The zero-order valence-electron chi connectivity index (χ0n) is 14.2. The number of aromatic nitrogens is 2. The Morgan fingerprint density at radius 2 is 2.08 bits per heavy atom. The maximum absolute atomic E-state index is 5.81. The third-order valence-electron chi connectivity index (χ3n) is 4.11. The summed E-state index contributed by atoms with van der Waals surface area (Å²) in [6.07, 6.45) is 4.38. The van der Waals surface area contributed by atoms with Crippen LogP contribution in [-0.2, 0) is 11.3 Å². The summed E-state index contributed by atoms with van der Waals surface area (Å²) in [4.78, 5) is 11.1. The van der Waals surface area contributed by atoms with Crippen LogP contribution in [0.25, 0.3) is 0 Å². The molecule has 1 aliphatic heterocycles. The molecule has 0 spiro atoms. The molecule has 2 N–H and O–H groups in total. The molecule has 1 saturated heterocycles. The van der Waals surface area contributed by atoms with E-state index in [0.29, 0.717) is 12.6 Å². The van der Waals surface area contributed by atoms with Crippen LogP contribution in [0.5, 0.6) is 0 Å². The van der Waals surface area contributed by atoms with Crippen molar-refractivity contribution in [1.82, 2.24) is 14.9 Å². The third kappa shape index (κ3) is 4.91. The molecule has 2 heterocycles. The summed E-state index contributed by atoms with van der Waals surface area (Å²) in [5, 5.41) is 6.24. The highest BCUT2D eigenvalue weighted by Gasteiger charge is 2.10. The second-order valence-electron chi connectivity index (χ2n) is 5.94. The van der Waals surface area contributed by atoms with Crippen molar-refractivity contribution in [3.63, 3.8) is 0 Å². The van der Waals surface area contributed by atoms with Gasteiger partial charge in [0.15, 0.2) is 0 Å². The molecule has 0 aliphatic carbocycles. The molecule has 0 unspecified atom stereocenters. The first-order valence-electron chi connectivity index (χ1n) is 8.50. The van der Waals surface area contributed by atoms with Gasteiger partial charge in [-0.25, -0.2) is 4.98 Å². The van der Waals surface area contributed by atoms with Gasteiger partial charge >= 0.3 is 0 Å². The number of benzene rings is 1. The average Bonchev–Trinajstić information content (AvgIpc) is 3.13. The highest BCUT2D eigenvalue weighted by molar-refractivity contribution is 5.55. The van der Waals surface area contributed by atoms with Crippen molar-refractivity contribution >= 4 is 17.5 Å². The summed E-state index contributed by atoms with van der Waals surface area (Å²) in [5.74, 6) is 1.36. The van der Waals surface area contributed by atoms with Crippen LogP contribution >= 0.6 is 0 Å². The number of hydrogen-bond acceptors (Lipinski definition) is 6. The first kappa shape index (κ1) is 16.7. The lowest BCUT2D eigenvalue weighted by Gasteiger charge is -2.14. The fourth-order valence-corrected chi connectivity index (χ4v) is 2.82. The van der Waals surface area contributed by atoms with Crippen LogP contribution in [0.1, 0.15) is 18.4 Å². The molecule has 0 bridgehead atoms. The van der Waals surface area contributed by atoms with Gasteiger partial charge in [-0.3, -0.25) is 0 Å². The van der Waals surface area contributed by atoms with Crippen molar-refractivity contribution in [2.45, 2.75) is 19.4 Å². The summed E-state index contributed by atoms with van der Waals surface area (Å²) >= 11 is 0. The first-order chi connectivity index (χ1) is 11.8. The fraction of sp³-hybridized carbons (Fsp3) is 0.444. The quantitative estimate of drug-likeness (QED) is 0.727. The number of anilines is 3. The summed E-state index contributed by atoms with van der Waals surface area (Å²) in [6.45, 7) is 4.87. The van der Waals surface area contributed by atoms with Crippen molar-refractivity contribution in [3.8, 4) is 0 Å². The van der Waals surface area contributed by atoms with Crippen molar-refractivity contribution in [3.05, 3.63) is 42.1 Å². The molecule has 2 aromatic rings. The zero-order chi connectivity index (χ0) is 16.6. The Kier molecular flexibility index (Phi) is 5.98. The van der Waals surface area contributed by atoms with Gasteiger partial charge in [-0.15, -0.1) is 0 Å². The minimum absolute atomic E-state index is 0.578. The molecular formula is C18H25N5O. The zero-order valence-corrected chi connectivity index (χ0v) is 14.2. The Labute approximate surface area is 143 Å². The Bertz CT molecular complexity index is 643. The second kappa shape index (κ2) is 8.61. The number of nitrogens with one attached hydrogen (secondary N) is 2. The lowest BCUT2D eigenvalue weighted by atomic mass is 10.2. The van der Waals surface area contributed by atoms with E-state index >= 15 is 0 Å². The molecule has 1 aromatic carbocycles. The molecule has 24 heavy (non-hydrogen) atoms. The van der Waals surface area contributed by atoms with Crippen LogP contribution in [0.3, 0.4) is 0 Å². The Hall–Kier alpha value is -2.18. The van der Waals surface area contributed by atoms with E-state index in [1.807, 2.05) is 25.2 Å². The van der Waals surface area contributed by atoms with Crippen LogP contribution in [0, 0.1) is 0 Å². The molecule has 6 nitrogen and oxygen atoms in total. The molecular weight excluding hydrogens is 302 g/mol. The van der Waals surface area contributed by atoms with Gasteiger partial charge in [0.05, 0.1) is 13.2 Å². The second-order valence-corrected chi connectivity index (χ2v) is 5.94. The summed E-state index contributed by atoms with van der Waals surface area (Å²) in [7, 11) is 1.84. The molecule has 0 radical (unpaired) electrons. The Morgan fingerprint density at radius 1 is 1.21 bits per heavy atom. The standard InChI is InChI=1S/C18H25N5O/c1-19-17-7-8-20-18(22-17)21-16-6-4-5-15(13-16)14-24-12-11-23-9-2-3-10-23/h4-8,13H,2-3,9-12,14H2,1H3,(H2,19,20,21,22). The van der Waals surface area contributed by atoms with E-state index in [-0.39, 0.29) is 0 Å². The molecule has 0 amide bonds. The smallest absolute Gasteiger partial charge is 0.229 e. The summed E-state index contributed by atoms with van der Waals surface area (Å²) < 4.78 is 5.81. The molecule has 0 atom stereocenters. The average molecular weight is 327 g/mol. The van der Waals surface area contributed by atoms with E-state index in [2.05, 4.69) is 37.6 Å². The van der Waals surface area contributed by atoms with Gasteiger partial charge in [0.25, 0.3) is 0 Å². The topological polar surface area (TPSA) is 62.3 Å². The van der Waals surface area contributed by atoms with Crippen LogP contribution in [-0.4, -0.2) is 48.2 Å². The normalized spacial score (nSPS) is 14.7. The van der Waals surface area contributed by atoms with E-state index in [1.165, 1.54) is 25.9 Å². The minimum Gasteiger partial charge on any atom is -0.375 e. The largest absolute Gasteiger partial charge is 0.375 e. The molecule has 1 fully saturated rings. The minimum atomic E-state index is 0.578. The summed E-state index contributed by atoms with van der Waals surface area (Å²) in [5.41, 5.74) is 2.11. The van der Waals surface area contributed by atoms with Crippen molar-refractivity contribution < 1.29 is 4.74 Å². The van der Waals surface area contributed by atoms with Crippen molar-refractivity contribution in [2.75, 3.05) is 43.9 Å². The number of nitrogens with zero attached hydrogens (tertiary/aromatic N) is 3. The first-order valence-corrected chi connectivity index (χ1v) is 8.50. The van der Waals surface area contributed by atoms with Crippen LogP contribution in [0.4, 0.5) is 17.5 Å².